The normalized spacial score (nSPS) is 10.9. The number of halogens is 1. The smallest absolute Gasteiger partial charge is 0.144 e. The van der Waals surface area contributed by atoms with Crippen LogP contribution in [0.25, 0.3) is 11.4 Å². The second kappa shape index (κ2) is 5.28. The Morgan fingerprint density at radius 3 is 2.72 bits per heavy atom. The van der Waals surface area contributed by atoms with Gasteiger partial charge in [-0.3, -0.25) is 4.98 Å². The summed E-state index contributed by atoms with van der Waals surface area (Å²) in [6.45, 7) is 6.25. The van der Waals surface area contributed by atoms with Crippen LogP contribution in [0.5, 0.6) is 0 Å². The molecule has 0 saturated carbocycles. The van der Waals surface area contributed by atoms with Gasteiger partial charge in [0.1, 0.15) is 10.5 Å². The Bertz CT molecular complexity index is 634. The number of nitrogens with one attached hydrogen (secondary N) is 1. The lowest BCUT2D eigenvalue weighted by Crippen LogP contribution is -2.01. The van der Waals surface area contributed by atoms with Gasteiger partial charge in [0.2, 0.25) is 0 Å². The Morgan fingerprint density at radius 2 is 2.11 bits per heavy atom. The molecule has 3 nitrogen and oxygen atoms in total. The summed E-state index contributed by atoms with van der Waals surface area (Å²) < 4.78 is 1.46. The lowest BCUT2D eigenvalue weighted by molar-refractivity contribution is 0.807. The largest absolute Gasteiger partial charge is 0.342 e. The second-order valence-corrected chi connectivity index (χ2v) is 5.64. The van der Waals surface area contributed by atoms with Gasteiger partial charge in [-0.2, -0.15) is 0 Å². The van der Waals surface area contributed by atoms with Crippen LogP contribution in [0.2, 0.25) is 0 Å². The van der Waals surface area contributed by atoms with Crippen LogP contribution in [0, 0.1) is 11.6 Å². The van der Waals surface area contributed by atoms with Gasteiger partial charge in [0.25, 0.3) is 0 Å². The first kappa shape index (κ1) is 13.4. The summed E-state index contributed by atoms with van der Waals surface area (Å²) in [5.41, 5.74) is 3.18. The number of nitrogens with zero attached hydrogens (tertiary/aromatic N) is 2. The molecule has 0 aliphatic heterocycles. The summed E-state index contributed by atoms with van der Waals surface area (Å²) in [4.78, 5) is 11.9. The van der Waals surface area contributed by atoms with Crippen molar-refractivity contribution in [1.82, 2.24) is 15.0 Å². The Kier molecular flexibility index (Phi) is 3.92. The molecule has 2 rings (SSSR count). The molecular formula is C13H14BrN3S. The zero-order chi connectivity index (χ0) is 13.3. The van der Waals surface area contributed by atoms with Crippen LogP contribution in [-0.4, -0.2) is 15.0 Å². The summed E-state index contributed by atoms with van der Waals surface area (Å²) in [5.74, 6) is 1.15. The lowest BCUT2D eigenvalue weighted by atomic mass is 10.1. The van der Waals surface area contributed by atoms with E-state index in [0.717, 1.165) is 27.1 Å². The van der Waals surface area contributed by atoms with Gasteiger partial charge in [0.05, 0.1) is 4.47 Å². The molecule has 0 radical (unpaired) electrons. The van der Waals surface area contributed by atoms with Gasteiger partial charge in [0.15, 0.2) is 0 Å². The van der Waals surface area contributed by atoms with Gasteiger partial charge >= 0.3 is 0 Å². The number of rotatable bonds is 2. The quantitative estimate of drug-likeness (QED) is 0.833. The highest BCUT2D eigenvalue weighted by atomic mass is 79.9. The van der Waals surface area contributed by atoms with Crippen molar-refractivity contribution in [2.45, 2.75) is 26.7 Å². The van der Waals surface area contributed by atoms with Crippen molar-refractivity contribution in [3.8, 4) is 11.4 Å². The molecular weight excluding hydrogens is 310 g/mol. The molecule has 0 aromatic carbocycles. The number of hydrogen-bond acceptors (Lipinski definition) is 3. The van der Waals surface area contributed by atoms with Gasteiger partial charge in [-0.15, -0.1) is 0 Å². The monoisotopic (exact) mass is 323 g/mol. The van der Waals surface area contributed by atoms with E-state index in [-0.39, 0.29) is 0 Å². The first-order chi connectivity index (χ1) is 8.50. The zero-order valence-electron chi connectivity index (χ0n) is 10.5. The van der Waals surface area contributed by atoms with Crippen molar-refractivity contribution in [3.05, 3.63) is 38.8 Å². The van der Waals surface area contributed by atoms with E-state index in [4.69, 9.17) is 12.2 Å². The van der Waals surface area contributed by atoms with Gasteiger partial charge in [-0.1, -0.05) is 26.1 Å². The topological polar surface area (TPSA) is 41.6 Å². The van der Waals surface area contributed by atoms with Gasteiger partial charge in [-0.05, 0) is 40.4 Å². The molecule has 5 heteroatoms. The molecule has 0 unspecified atom stereocenters. The highest BCUT2D eigenvalue weighted by Gasteiger charge is 2.11. The highest BCUT2D eigenvalue weighted by molar-refractivity contribution is 9.10. The molecule has 0 amide bonds. The second-order valence-electron chi connectivity index (χ2n) is 4.46. The van der Waals surface area contributed by atoms with Crippen molar-refractivity contribution >= 4 is 28.1 Å². The molecule has 18 heavy (non-hydrogen) atoms. The third-order valence-electron chi connectivity index (χ3n) is 2.74. The summed E-state index contributed by atoms with van der Waals surface area (Å²) in [6.07, 6.45) is 3.59. The van der Waals surface area contributed by atoms with Crippen LogP contribution in [-0.2, 0) is 0 Å². The van der Waals surface area contributed by atoms with Gasteiger partial charge in [-0.25, -0.2) is 4.98 Å². The van der Waals surface area contributed by atoms with E-state index >= 15 is 0 Å². The van der Waals surface area contributed by atoms with Crippen LogP contribution >= 0.6 is 28.1 Å². The van der Waals surface area contributed by atoms with E-state index in [0.29, 0.717) is 10.6 Å². The molecule has 94 valence electrons. The fourth-order valence-corrected chi connectivity index (χ4v) is 2.59. The maximum Gasteiger partial charge on any atom is 0.144 e. The summed E-state index contributed by atoms with van der Waals surface area (Å²) in [7, 11) is 0. The van der Waals surface area contributed by atoms with Crippen LogP contribution in [0.15, 0.2) is 22.9 Å². The van der Waals surface area contributed by atoms with Gasteiger partial charge in [0, 0.05) is 23.7 Å². The molecule has 0 aliphatic rings. The summed E-state index contributed by atoms with van der Waals surface area (Å²) in [5, 5.41) is 0. The number of H-pyrrole nitrogens is 1. The minimum Gasteiger partial charge on any atom is -0.342 e. The molecule has 0 bridgehead atoms. The summed E-state index contributed by atoms with van der Waals surface area (Å²) in [6, 6.07) is 1.95. The standard InChI is InChI=1S/C13H14BrN3S/c1-7(2)11-10(14)13(18)17-12(16-11)9-4-5-15-6-8(9)3/h4-7H,1-3H3,(H,16,17,18). The van der Waals surface area contributed by atoms with E-state index < -0.39 is 0 Å². The van der Waals surface area contributed by atoms with E-state index in [1.54, 1.807) is 6.20 Å². The lowest BCUT2D eigenvalue weighted by Gasteiger charge is -2.12. The summed E-state index contributed by atoms with van der Waals surface area (Å²) >= 11 is 8.79. The maximum absolute atomic E-state index is 5.30. The highest BCUT2D eigenvalue weighted by Crippen LogP contribution is 2.27. The Labute approximate surface area is 120 Å². The first-order valence-corrected chi connectivity index (χ1v) is 6.91. The predicted molar refractivity (Wildman–Crippen MR) is 79.2 cm³/mol. The van der Waals surface area contributed by atoms with Crippen molar-refractivity contribution < 1.29 is 0 Å². The number of hydrogen-bond donors (Lipinski definition) is 1. The van der Waals surface area contributed by atoms with E-state index in [9.17, 15) is 0 Å². The van der Waals surface area contributed by atoms with Crippen molar-refractivity contribution in [2.24, 2.45) is 0 Å². The van der Waals surface area contributed by atoms with Crippen molar-refractivity contribution in [1.29, 1.82) is 0 Å². The SMILES string of the molecule is Cc1cnccc1-c1nc(=S)c(Br)c(C(C)C)[nH]1. The average molecular weight is 324 g/mol. The van der Waals surface area contributed by atoms with Crippen LogP contribution in [0.1, 0.15) is 31.0 Å². The molecule has 2 aromatic rings. The van der Waals surface area contributed by atoms with Crippen LogP contribution in [0.4, 0.5) is 0 Å². The molecule has 0 aliphatic carbocycles. The predicted octanol–water partition coefficient (Wildman–Crippen LogP) is 4.40. The van der Waals surface area contributed by atoms with Crippen molar-refractivity contribution in [2.75, 3.05) is 0 Å². The fraction of sp³-hybridized carbons (Fsp3) is 0.308. The Hall–Kier alpha value is -1.07. The molecule has 0 atom stereocenters. The molecule has 1 N–H and O–H groups in total. The first-order valence-electron chi connectivity index (χ1n) is 5.71. The molecule has 2 heterocycles. The third kappa shape index (κ3) is 2.52. The number of pyridine rings is 1. The van der Waals surface area contributed by atoms with E-state index in [1.807, 2.05) is 19.2 Å². The Morgan fingerprint density at radius 1 is 1.39 bits per heavy atom. The van der Waals surface area contributed by atoms with Crippen LogP contribution in [0.3, 0.4) is 0 Å². The average Bonchev–Trinajstić information content (AvgIpc) is 2.33. The molecule has 2 aromatic heterocycles. The molecule has 0 spiro atoms. The zero-order valence-corrected chi connectivity index (χ0v) is 12.9. The number of aromatic amines is 1. The molecule has 0 fully saturated rings. The fourth-order valence-electron chi connectivity index (χ4n) is 1.74. The maximum atomic E-state index is 5.30. The number of aryl methyl sites for hydroxylation is 1. The third-order valence-corrected chi connectivity index (χ3v) is 4.10. The van der Waals surface area contributed by atoms with Crippen molar-refractivity contribution in [3.63, 3.8) is 0 Å². The molecule has 0 saturated heterocycles. The van der Waals surface area contributed by atoms with E-state index in [2.05, 4.69) is 44.7 Å². The number of aromatic nitrogens is 3. The van der Waals surface area contributed by atoms with E-state index in [1.165, 1.54) is 0 Å². The van der Waals surface area contributed by atoms with Gasteiger partial charge < -0.3 is 4.98 Å². The Balaban J connectivity index is 2.67. The minimum absolute atomic E-state index is 0.352. The minimum atomic E-state index is 0.352. The van der Waals surface area contributed by atoms with Crippen LogP contribution < -0.4 is 0 Å².